The van der Waals surface area contributed by atoms with Crippen LogP contribution in [0.25, 0.3) is 0 Å². The Morgan fingerprint density at radius 1 is 1.50 bits per heavy atom. The topological polar surface area (TPSA) is 91.6 Å². The highest BCUT2D eigenvalue weighted by Gasteiger charge is 2.34. The molecule has 10 heteroatoms. The fourth-order valence-corrected chi connectivity index (χ4v) is 1.43. The van der Waals surface area contributed by atoms with Crippen LogP contribution in [0.4, 0.5) is 18.9 Å². The van der Waals surface area contributed by atoms with Gasteiger partial charge in [-0.3, -0.25) is 14.9 Å². The van der Waals surface area contributed by atoms with E-state index in [0.717, 1.165) is 14.0 Å². The zero-order chi connectivity index (χ0) is 15.5. The first-order valence-electron chi connectivity index (χ1n) is 5.11. The number of ether oxygens (including phenoxy) is 2. The van der Waals surface area contributed by atoms with Crippen molar-refractivity contribution in [3.63, 3.8) is 0 Å². The van der Waals surface area contributed by atoms with Crippen LogP contribution in [-0.4, -0.2) is 29.3 Å². The van der Waals surface area contributed by atoms with Crippen LogP contribution >= 0.6 is 0 Å². The number of carbonyl (C=O) groups is 1. The molecule has 0 aliphatic heterocycles. The van der Waals surface area contributed by atoms with Crippen LogP contribution in [0.15, 0.2) is 6.20 Å². The van der Waals surface area contributed by atoms with E-state index < -0.39 is 35.2 Å². The zero-order valence-corrected chi connectivity index (χ0v) is 10.4. The van der Waals surface area contributed by atoms with E-state index in [4.69, 9.17) is 0 Å². The SMILES string of the molecule is COC(=O)Cc1c([N+](=O)[O-])cnc(OC(F)(F)F)c1C. The van der Waals surface area contributed by atoms with E-state index in [1.54, 1.807) is 0 Å². The summed E-state index contributed by atoms with van der Waals surface area (Å²) in [4.78, 5) is 24.4. The van der Waals surface area contributed by atoms with Crippen LogP contribution in [0.2, 0.25) is 0 Å². The van der Waals surface area contributed by atoms with Gasteiger partial charge >= 0.3 is 12.3 Å². The number of nitro groups is 1. The summed E-state index contributed by atoms with van der Waals surface area (Å²) in [5, 5.41) is 10.8. The lowest BCUT2D eigenvalue weighted by Gasteiger charge is -2.12. The second kappa shape index (κ2) is 5.72. The Hall–Kier alpha value is -2.39. The molecule has 0 unspecified atom stereocenters. The molecule has 1 heterocycles. The third-order valence-corrected chi connectivity index (χ3v) is 2.34. The first-order valence-corrected chi connectivity index (χ1v) is 5.11. The fourth-order valence-electron chi connectivity index (χ4n) is 1.43. The van der Waals surface area contributed by atoms with Crippen molar-refractivity contribution in [3.05, 3.63) is 27.4 Å². The highest BCUT2D eigenvalue weighted by molar-refractivity contribution is 5.75. The molecule has 0 fully saturated rings. The second-order valence-electron chi connectivity index (χ2n) is 3.61. The minimum atomic E-state index is -4.99. The minimum Gasteiger partial charge on any atom is -0.469 e. The van der Waals surface area contributed by atoms with Gasteiger partial charge in [0.05, 0.1) is 24.0 Å². The number of rotatable bonds is 4. The third kappa shape index (κ3) is 3.80. The Kier molecular flexibility index (Phi) is 4.48. The summed E-state index contributed by atoms with van der Waals surface area (Å²) >= 11 is 0. The molecule has 1 aromatic rings. The second-order valence-corrected chi connectivity index (χ2v) is 3.61. The van der Waals surface area contributed by atoms with Gasteiger partial charge in [-0.05, 0) is 6.92 Å². The summed E-state index contributed by atoms with van der Waals surface area (Å²) in [5.41, 5.74) is -1.07. The number of alkyl halides is 3. The van der Waals surface area contributed by atoms with E-state index in [9.17, 15) is 28.1 Å². The van der Waals surface area contributed by atoms with Crippen molar-refractivity contribution in [1.82, 2.24) is 4.98 Å². The standard InChI is InChI=1S/C10H9F3N2O5/c1-5-6(3-8(16)19-2)7(15(17)18)4-14-9(5)20-10(11,12)13/h4H,3H2,1-2H3. The Bertz CT molecular complexity index is 544. The molecule has 0 saturated heterocycles. The summed E-state index contributed by atoms with van der Waals surface area (Å²) in [7, 11) is 1.05. The highest BCUT2D eigenvalue weighted by atomic mass is 19.4. The summed E-state index contributed by atoms with van der Waals surface area (Å²) < 4.78 is 44.4. The fraction of sp³-hybridized carbons (Fsp3) is 0.400. The molecule has 0 aliphatic rings. The maximum absolute atomic E-state index is 12.2. The van der Waals surface area contributed by atoms with Crippen molar-refractivity contribution >= 4 is 11.7 Å². The number of methoxy groups -OCH3 is 1. The molecule has 0 spiro atoms. The van der Waals surface area contributed by atoms with Gasteiger partial charge in [-0.15, -0.1) is 13.2 Å². The summed E-state index contributed by atoms with van der Waals surface area (Å²) in [6.07, 6.45) is -4.95. The molecule has 1 rings (SSSR count). The van der Waals surface area contributed by atoms with Gasteiger partial charge in [0.25, 0.3) is 5.69 Å². The van der Waals surface area contributed by atoms with E-state index >= 15 is 0 Å². The van der Waals surface area contributed by atoms with Crippen LogP contribution in [0.1, 0.15) is 11.1 Å². The molecule has 20 heavy (non-hydrogen) atoms. The predicted molar refractivity (Wildman–Crippen MR) is 58.0 cm³/mol. The van der Waals surface area contributed by atoms with Gasteiger partial charge in [-0.25, -0.2) is 4.98 Å². The Labute approximate surface area is 110 Å². The van der Waals surface area contributed by atoms with E-state index in [-0.39, 0.29) is 11.1 Å². The van der Waals surface area contributed by atoms with Gasteiger partial charge in [0, 0.05) is 5.56 Å². The average molecular weight is 294 g/mol. The molecule has 0 aliphatic carbocycles. The normalized spacial score (nSPS) is 11.1. The van der Waals surface area contributed by atoms with Gasteiger partial charge < -0.3 is 9.47 Å². The number of hydrogen-bond acceptors (Lipinski definition) is 6. The molecule has 7 nitrogen and oxygen atoms in total. The van der Waals surface area contributed by atoms with Crippen molar-refractivity contribution in [2.24, 2.45) is 0 Å². The summed E-state index contributed by atoms with van der Waals surface area (Å²) in [6, 6.07) is 0. The number of hydrogen-bond donors (Lipinski definition) is 0. The lowest BCUT2D eigenvalue weighted by molar-refractivity contribution is -0.386. The first kappa shape index (κ1) is 15.7. The van der Waals surface area contributed by atoms with Crippen LogP contribution in [0.5, 0.6) is 5.88 Å². The predicted octanol–water partition coefficient (Wildman–Crippen LogP) is 1.91. The molecule has 1 aromatic heterocycles. The van der Waals surface area contributed by atoms with Crippen molar-refractivity contribution in [3.8, 4) is 5.88 Å². The smallest absolute Gasteiger partial charge is 0.469 e. The quantitative estimate of drug-likeness (QED) is 0.478. The van der Waals surface area contributed by atoms with Crippen LogP contribution in [0.3, 0.4) is 0 Å². The minimum absolute atomic E-state index is 0.240. The lowest BCUT2D eigenvalue weighted by atomic mass is 10.1. The maximum atomic E-state index is 12.2. The Balaban J connectivity index is 3.30. The van der Waals surface area contributed by atoms with Gasteiger partial charge in [-0.2, -0.15) is 0 Å². The lowest BCUT2D eigenvalue weighted by Crippen LogP contribution is -2.19. The van der Waals surface area contributed by atoms with Crippen LogP contribution in [-0.2, 0) is 16.0 Å². The largest absolute Gasteiger partial charge is 0.574 e. The van der Waals surface area contributed by atoms with E-state index in [0.29, 0.717) is 6.20 Å². The maximum Gasteiger partial charge on any atom is 0.574 e. The number of nitrogens with zero attached hydrogens (tertiary/aromatic N) is 2. The van der Waals surface area contributed by atoms with Gasteiger partial charge in [-0.1, -0.05) is 0 Å². The van der Waals surface area contributed by atoms with Crippen molar-refractivity contribution in [2.75, 3.05) is 7.11 Å². The number of aromatic nitrogens is 1. The first-order chi connectivity index (χ1) is 9.15. The van der Waals surface area contributed by atoms with Crippen molar-refractivity contribution in [2.45, 2.75) is 19.7 Å². The van der Waals surface area contributed by atoms with E-state index in [2.05, 4.69) is 14.5 Å². The van der Waals surface area contributed by atoms with Crippen molar-refractivity contribution in [1.29, 1.82) is 0 Å². The summed E-state index contributed by atoms with van der Waals surface area (Å²) in [6.45, 7) is 1.14. The Morgan fingerprint density at radius 3 is 2.55 bits per heavy atom. The van der Waals surface area contributed by atoms with E-state index in [1.165, 1.54) is 0 Å². The highest BCUT2D eigenvalue weighted by Crippen LogP contribution is 2.31. The molecule has 0 amide bonds. The molecule has 0 atom stereocenters. The summed E-state index contributed by atoms with van der Waals surface area (Å²) in [5.74, 6) is -1.68. The van der Waals surface area contributed by atoms with Crippen LogP contribution < -0.4 is 4.74 Å². The number of carbonyl (C=O) groups excluding carboxylic acids is 1. The number of halogens is 3. The third-order valence-electron chi connectivity index (χ3n) is 2.34. The monoisotopic (exact) mass is 294 g/mol. The molecule has 0 N–H and O–H groups in total. The average Bonchev–Trinajstić information content (AvgIpc) is 2.32. The molecular formula is C10H9F3N2O5. The molecule has 0 bridgehead atoms. The van der Waals surface area contributed by atoms with Crippen molar-refractivity contribution < 1.29 is 32.4 Å². The molecule has 0 aromatic carbocycles. The van der Waals surface area contributed by atoms with Crippen LogP contribution in [0, 0.1) is 17.0 Å². The molecule has 0 saturated carbocycles. The zero-order valence-electron chi connectivity index (χ0n) is 10.4. The van der Waals surface area contributed by atoms with E-state index in [1.807, 2.05) is 0 Å². The van der Waals surface area contributed by atoms with Gasteiger partial charge in [0.15, 0.2) is 0 Å². The molecule has 0 radical (unpaired) electrons. The number of pyridine rings is 1. The molecular weight excluding hydrogens is 285 g/mol. The van der Waals surface area contributed by atoms with Gasteiger partial charge in [0.2, 0.25) is 5.88 Å². The number of esters is 1. The molecule has 110 valence electrons. The Morgan fingerprint density at radius 2 is 2.10 bits per heavy atom. The van der Waals surface area contributed by atoms with Gasteiger partial charge in [0.1, 0.15) is 6.20 Å².